The molecule has 3 amide bonds. The van der Waals surface area contributed by atoms with Gasteiger partial charge in [0.25, 0.3) is 5.91 Å². The predicted octanol–water partition coefficient (Wildman–Crippen LogP) is 0.607. The van der Waals surface area contributed by atoms with Crippen molar-refractivity contribution in [2.24, 2.45) is 0 Å². The van der Waals surface area contributed by atoms with Gasteiger partial charge in [-0.1, -0.05) is 11.6 Å². The quantitative estimate of drug-likeness (QED) is 0.496. The van der Waals surface area contributed by atoms with E-state index in [9.17, 15) is 22.8 Å². The van der Waals surface area contributed by atoms with Gasteiger partial charge in [0, 0.05) is 18.2 Å². The second kappa shape index (κ2) is 9.20. The van der Waals surface area contributed by atoms with Crippen LogP contribution in [0.25, 0.3) is 6.08 Å². The van der Waals surface area contributed by atoms with Crippen molar-refractivity contribution < 1.29 is 27.5 Å². The average Bonchev–Trinajstić information content (AvgIpc) is 3.10. The molecule has 1 aromatic heterocycles. The molecule has 154 valence electrons. The van der Waals surface area contributed by atoms with E-state index in [0.29, 0.717) is 24.2 Å². The number of aryl methyl sites for hydroxylation is 1. The minimum atomic E-state index is -3.10. The van der Waals surface area contributed by atoms with Crippen molar-refractivity contribution in [1.29, 1.82) is 0 Å². The molecule has 12 heteroatoms. The number of halogens is 1. The van der Waals surface area contributed by atoms with Crippen molar-refractivity contribution in [3.8, 4) is 0 Å². The standard InChI is InChI=1S/C16H21ClN4O6S/c1-3-18-16(24)19-13(22)8-27-14(23)5-4-12-10(2)20-21(15(12)17)11-6-7-28(25,26)9-11/h4-5,11H,3,6-9H2,1-2H3,(H2,18,19,22,24)/b5-4+/t11-/m1/s1. The Morgan fingerprint density at radius 2 is 2.11 bits per heavy atom. The molecule has 0 radical (unpaired) electrons. The summed E-state index contributed by atoms with van der Waals surface area (Å²) in [6.45, 7) is 3.10. The lowest BCUT2D eigenvalue weighted by Crippen LogP contribution is -2.41. The third kappa shape index (κ3) is 5.80. The van der Waals surface area contributed by atoms with E-state index in [4.69, 9.17) is 16.3 Å². The molecule has 0 saturated carbocycles. The first-order valence-electron chi connectivity index (χ1n) is 8.50. The first-order chi connectivity index (χ1) is 13.1. The zero-order chi connectivity index (χ0) is 20.9. The van der Waals surface area contributed by atoms with E-state index in [2.05, 4.69) is 10.4 Å². The van der Waals surface area contributed by atoms with Crippen molar-refractivity contribution in [1.82, 2.24) is 20.4 Å². The van der Waals surface area contributed by atoms with Gasteiger partial charge in [-0.05, 0) is 26.3 Å². The Hall–Kier alpha value is -2.40. The highest BCUT2D eigenvalue weighted by Crippen LogP contribution is 2.30. The molecule has 0 unspecified atom stereocenters. The van der Waals surface area contributed by atoms with Crippen molar-refractivity contribution >= 4 is 45.4 Å². The molecule has 1 aromatic rings. The Labute approximate surface area is 167 Å². The number of amides is 3. The van der Waals surface area contributed by atoms with Gasteiger partial charge in [-0.25, -0.2) is 22.7 Å². The maximum Gasteiger partial charge on any atom is 0.331 e. The normalized spacial score (nSPS) is 18.2. The van der Waals surface area contributed by atoms with E-state index in [0.717, 1.165) is 6.08 Å². The molecule has 1 aliphatic heterocycles. The molecule has 10 nitrogen and oxygen atoms in total. The van der Waals surface area contributed by atoms with Crippen molar-refractivity contribution in [3.63, 3.8) is 0 Å². The lowest BCUT2D eigenvalue weighted by atomic mass is 10.2. The number of urea groups is 1. The number of esters is 1. The number of rotatable bonds is 6. The van der Waals surface area contributed by atoms with Crippen LogP contribution in [0.15, 0.2) is 6.08 Å². The molecule has 1 fully saturated rings. The molecule has 1 aliphatic rings. The minimum Gasteiger partial charge on any atom is -0.452 e. The van der Waals surface area contributed by atoms with E-state index in [-0.39, 0.29) is 22.7 Å². The maximum absolute atomic E-state index is 11.8. The Bertz CT molecular complexity index is 908. The van der Waals surface area contributed by atoms with Gasteiger partial charge in [0.15, 0.2) is 16.4 Å². The Morgan fingerprint density at radius 3 is 2.71 bits per heavy atom. The Kier molecular flexibility index (Phi) is 7.19. The summed E-state index contributed by atoms with van der Waals surface area (Å²) in [5.41, 5.74) is 0.974. The van der Waals surface area contributed by atoms with Gasteiger partial charge in [-0.15, -0.1) is 0 Å². The van der Waals surface area contributed by atoms with E-state index < -0.39 is 34.4 Å². The number of hydrogen-bond acceptors (Lipinski definition) is 7. The number of imide groups is 1. The molecule has 1 saturated heterocycles. The number of carbonyl (C=O) groups is 3. The van der Waals surface area contributed by atoms with Gasteiger partial charge in [0.2, 0.25) is 0 Å². The lowest BCUT2D eigenvalue weighted by molar-refractivity contribution is -0.143. The van der Waals surface area contributed by atoms with Gasteiger partial charge in [-0.3, -0.25) is 10.1 Å². The maximum atomic E-state index is 11.8. The fraction of sp³-hybridized carbons (Fsp3) is 0.500. The summed E-state index contributed by atoms with van der Waals surface area (Å²) in [5.74, 6) is -1.52. The summed E-state index contributed by atoms with van der Waals surface area (Å²) in [6, 6.07) is -1.02. The van der Waals surface area contributed by atoms with Crippen LogP contribution in [0.4, 0.5) is 4.79 Å². The van der Waals surface area contributed by atoms with Gasteiger partial charge >= 0.3 is 12.0 Å². The van der Waals surface area contributed by atoms with Crippen LogP contribution in [-0.4, -0.2) is 60.8 Å². The van der Waals surface area contributed by atoms with Crippen molar-refractivity contribution in [3.05, 3.63) is 22.5 Å². The number of ether oxygens (including phenoxy) is 1. The van der Waals surface area contributed by atoms with Gasteiger partial charge in [-0.2, -0.15) is 5.10 Å². The molecule has 28 heavy (non-hydrogen) atoms. The van der Waals surface area contributed by atoms with Crippen molar-refractivity contribution in [2.75, 3.05) is 24.7 Å². The van der Waals surface area contributed by atoms with Crippen LogP contribution in [0.3, 0.4) is 0 Å². The summed E-state index contributed by atoms with van der Waals surface area (Å²) in [7, 11) is -3.10. The molecular formula is C16H21ClN4O6S. The van der Waals surface area contributed by atoms with Crippen LogP contribution in [-0.2, 0) is 24.2 Å². The Morgan fingerprint density at radius 1 is 1.39 bits per heavy atom. The zero-order valence-electron chi connectivity index (χ0n) is 15.4. The summed E-state index contributed by atoms with van der Waals surface area (Å²) in [4.78, 5) is 34.4. The topological polar surface area (TPSA) is 136 Å². The van der Waals surface area contributed by atoms with Crippen molar-refractivity contribution in [2.45, 2.75) is 26.3 Å². The van der Waals surface area contributed by atoms with Crippen LogP contribution < -0.4 is 10.6 Å². The number of carbonyl (C=O) groups excluding carboxylic acids is 3. The van der Waals surface area contributed by atoms with Gasteiger partial charge in [0.05, 0.1) is 23.2 Å². The summed E-state index contributed by atoms with van der Waals surface area (Å²) >= 11 is 6.29. The van der Waals surface area contributed by atoms with E-state index >= 15 is 0 Å². The molecule has 1 atom stereocenters. The van der Waals surface area contributed by atoms with Crippen LogP contribution in [0.5, 0.6) is 0 Å². The molecular weight excluding hydrogens is 412 g/mol. The molecule has 2 N–H and O–H groups in total. The lowest BCUT2D eigenvalue weighted by Gasteiger charge is -2.09. The zero-order valence-corrected chi connectivity index (χ0v) is 17.0. The van der Waals surface area contributed by atoms with E-state index in [1.807, 2.05) is 5.32 Å². The second-order valence-electron chi connectivity index (χ2n) is 6.14. The van der Waals surface area contributed by atoms with Gasteiger partial charge in [0.1, 0.15) is 5.15 Å². The number of aromatic nitrogens is 2. The molecule has 2 heterocycles. The molecule has 0 bridgehead atoms. The number of nitrogens with zero attached hydrogens (tertiary/aromatic N) is 2. The van der Waals surface area contributed by atoms with Gasteiger partial charge < -0.3 is 10.1 Å². The third-order valence-electron chi connectivity index (χ3n) is 3.95. The number of sulfone groups is 1. The number of nitrogens with one attached hydrogen (secondary N) is 2. The molecule has 0 aromatic carbocycles. The SMILES string of the molecule is CCNC(=O)NC(=O)COC(=O)/C=C/c1c(C)nn([C@@H]2CCS(=O)(=O)C2)c1Cl. The predicted molar refractivity (Wildman–Crippen MR) is 101 cm³/mol. The molecule has 0 spiro atoms. The molecule has 0 aliphatic carbocycles. The Balaban J connectivity index is 1.96. The second-order valence-corrected chi connectivity index (χ2v) is 8.73. The summed E-state index contributed by atoms with van der Waals surface area (Å²) in [5, 5.41) is 8.85. The average molecular weight is 433 g/mol. The summed E-state index contributed by atoms with van der Waals surface area (Å²) in [6.07, 6.45) is 2.88. The first kappa shape index (κ1) is 21.9. The first-order valence-corrected chi connectivity index (χ1v) is 10.7. The highest BCUT2D eigenvalue weighted by atomic mass is 35.5. The number of hydrogen-bond donors (Lipinski definition) is 2. The minimum absolute atomic E-state index is 0.0280. The van der Waals surface area contributed by atoms with Crippen LogP contribution in [0, 0.1) is 6.92 Å². The highest BCUT2D eigenvalue weighted by Gasteiger charge is 2.31. The van der Waals surface area contributed by atoms with E-state index in [1.54, 1.807) is 13.8 Å². The fourth-order valence-corrected chi connectivity index (χ4v) is 4.70. The monoisotopic (exact) mass is 432 g/mol. The van der Waals surface area contributed by atoms with Crippen LogP contribution >= 0.6 is 11.6 Å². The van der Waals surface area contributed by atoms with Crippen LogP contribution in [0.2, 0.25) is 5.15 Å². The fourth-order valence-electron chi connectivity index (χ4n) is 2.64. The smallest absolute Gasteiger partial charge is 0.331 e. The van der Waals surface area contributed by atoms with E-state index in [1.165, 1.54) is 10.8 Å². The largest absolute Gasteiger partial charge is 0.452 e. The highest BCUT2D eigenvalue weighted by molar-refractivity contribution is 7.91. The summed E-state index contributed by atoms with van der Waals surface area (Å²) < 4.78 is 29.5. The van der Waals surface area contributed by atoms with Crippen LogP contribution in [0.1, 0.15) is 30.6 Å². The molecule has 2 rings (SSSR count). The third-order valence-corrected chi connectivity index (χ3v) is 6.07.